The molecule has 2 heterocycles. The highest BCUT2D eigenvalue weighted by Crippen LogP contribution is 2.34. The number of rotatable bonds is 3. The third-order valence-corrected chi connectivity index (χ3v) is 4.21. The second kappa shape index (κ2) is 6.93. The first-order chi connectivity index (χ1) is 10.2. The maximum absolute atomic E-state index is 11.4. The molecule has 114 valence electrons. The molecule has 21 heavy (non-hydrogen) atoms. The van der Waals surface area contributed by atoms with Crippen LogP contribution < -0.4 is 0 Å². The maximum Gasteiger partial charge on any atom is 0.352 e. The van der Waals surface area contributed by atoms with Gasteiger partial charge in [0.05, 0.1) is 0 Å². The molecule has 6 heteroatoms. The van der Waals surface area contributed by atoms with E-state index in [1.54, 1.807) is 12.3 Å². The van der Waals surface area contributed by atoms with E-state index in [0.717, 1.165) is 36.7 Å². The van der Waals surface area contributed by atoms with Crippen molar-refractivity contribution in [3.8, 4) is 0 Å². The van der Waals surface area contributed by atoms with Crippen LogP contribution in [0, 0.1) is 0 Å². The molecule has 1 aliphatic rings. The van der Waals surface area contributed by atoms with Crippen LogP contribution >= 0.6 is 11.8 Å². The zero-order valence-electron chi connectivity index (χ0n) is 12.7. The molecule has 0 aromatic carbocycles. The maximum atomic E-state index is 11.4. The van der Waals surface area contributed by atoms with Crippen molar-refractivity contribution in [1.82, 2.24) is 14.5 Å². The first-order valence-electron chi connectivity index (χ1n) is 7.36. The third kappa shape index (κ3) is 3.05. The summed E-state index contributed by atoms with van der Waals surface area (Å²) in [6.07, 6.45) is 8.01. The van der Waals surface area contributed by atoms with Gasteiger partial charge in [-0.1, -0.05) is 38.5 Å². The largest absolute Gasteiger partial charge is 0.477 e. The minimum absolute atomic E-state index is 0.258. The summed E-state index contributed by atoms with van der Waals surface area (Å²) >= 11 is 1.47. The van der Waals surface area contributed by atoms with Crippen LogP contribution in [-0.4, -0.2) is 31.9 Å². The van der Waals surface area contributed by atoms with Gasteiger partial charge < -0.3 is 9.67 Å². The van der Waals surface area contributed by atoms with Crippen LogP contribution in [-0.2, 0) is 0 Å². The van der Waals surface area contributed by atoms with Crippen molar-refractivity contribution in [1.29, 1.82) is 0 Å². The third-order valence-electron chi connectivity index (χ3n) is 3.65. The van der Waals surface area contributed by atoms with Crippen LogP contribution in [0.25, 0.3) is 11.0 Å². The SMILES string of the molecule is CC.CSc1ncc2cc(C(=O)O)n(C3CCCC3)c2n1. The Labute approximate surface area is 128 Å². The molecule has 0 atom stereocenters. The molecule has 1 N–H and O–H groups in total. The molecule has 0 saturated heterocycles. The lowest BCUT2D eigenvalue weighted by Crippen LogP contribution is -2.13. The quantitative estimate of drug-likeness (QED) is 0.686. The number of fused-ring (bicyclic) bond motifs is 1. The smallest absolute Gasteiger partial charge is 0.352 e. The number of nitrogens with zero attached hydrogens (tertiary/aromatic N) is 3. The summed E-state index contributed by atoms with van der Waals surface area (Å²) in [7, 11) is 0. The fourth-order valence-corrected chi connectivity index (χ4v) is 3.12. The van der Waals surface area contributed by atoms with Gasteiger partial charge in [0.2, 0.25) is 0 Å². The second-order valence-electron chi connectivity index (χ2n) is 4.78. The number of carbonyl (C=O) groups is 1. The van der Waals surface area contributed by atoms with Crippen LogP contribution in [0.5, 0.6) is 0 Å². The molecule has 1 fully saturated rings. The molecular formula is C15H21N3O2S. The van der Waals surface area contributed by atoms with Crippen LogP contribution in [0.2, 0.25) is 0 Å². The number of hydrogen-bond acceptors (Lipinski definition) is 4. The molecule has 2 aromatic rings. The fraction of sp³-hybridized carbons (Fsp3) is 0.533. The van der Waals surface area contributed by atoms with Gasteiger partial charge in [0.15, 0.2) is 5.16 Å². The summed E-state index contributed by atoms with van der Waals surface area (Å²) < 4.78 is 1.89. The van der Waals surface area contributed by atoms with Gasteiger partial charge in [-0.2, -0.15) is 0 Å². The molecule has 0 amide bonds. The van der Waals surface area contributed by atoms with E-state index in [1.165, 1.54) is 11.8 Å². The van der Waals surface area contributed by atoms with E-state index in [-0.39, 0.29) is 6.04 Å². The Bertz CT molecular complexity index is 633. The molecule has 0 spiro atoms. The number of carboxylic acid groups (broad SMARTS) is 1. The van der Waals surface area contributed by atoms with E-state index in [0.29, 0.717) is 10.9 Å². The predicted molar refractivity (Wildman–Crippen MR) is 85.1 cm³/mol. The van der Waals surface area contributed by atoms with Gasteiger partial charge in [-0.25, -0.2) is 14.8 Å². The summed E-state index contributed by atoms with van der Waals surface area (Å²) in [5.41, 5.74) is 1.08. The summed E-state index contributed by atoms with van der Waals surface area (Å²) in [6, 6.07) is 1.94. The van der Waals surface area contributed by atoms with Crippen molar-refractivity contribution in [2.75, 3.05) is 6.26 Å². The number of carboxylic acids is 1. The Morgan fingerprint density at radius 1 is 1.38 bits per heavy atom. The molecule has 5 nitrogen and oxygen atoms in total. The lowest BCUT2D eigenvalue weighted by Gasteiger charge is -2.15. The zero-order valence-corrected chi connectivity index (χ0v) is 13.5. The van der Waals surface area contributed by atoms with Crippen LogP contribution in [0.1, 0.15) is 56.1 Å². The van der Waals surface area contributed by atoms with Crippen molar-refractivity contribution in [3.05, 3.63) is 18.0 Å². The number of aromatic carboxylic acids is 1. The summed E-state index contributed by atoms with van der Waals surface area (Å²) in [4.78, 5) is 20.1. The highest BCUT2D eigenvalue weighted by Gasteiger charge is 2.25. The average Bonchev–Trinajstić information content (AvgIpc) is 3.15. The van der Waals surface area contributed by atoms with E-state index >= 15 is 0 Å². The van der Waals surface area contributed by atoms with Gasteiger partial charge in [0.1, 0.15) is 11.3 Å². The molecule has 0 bridgehead atoms. The Kier molecular flexibility index (Phi) is 5.22. The van der Waals surface area contributed by atoms with Gasteiger partial charge in [-0.15, -0.1) is 0 Å². The first kappa shape index (κ1) is 15.8. The Morgan fingerprint density at radius 2 is 2.05 bits per heavy atom. The Morgan fingerprint density at radius 3 is 2.62 bits per heavy atom. The van der Waals surface area contributed by atoms with Crippen LogP contribution in [0.3, 0.4) is 0 Å². The standard InChI is InChI=1S/C13H15N3O2S.C2H6/c1-19-13-14-7-8-6-10(12(17)18)16(11(8)15-13)9-4-2-3-5-9;1-2/h6-7,9H,2-5H2,1H3,(H,17,18);1-2H3. The van der Waals surface area contributed by atoms with Gasteiger partial charge in [-0.05, 0) is 25.2 Å². The minimum atomic E-state index is -0.893. The van der Waals surface area contributed by atoms with Crippen molar-refractivity contribution in [3.63, 3.8) is 0 Å². The second-order valence-corrected chi connectivity index (χ2v) is 5.55. The topological polar surface area (TPSA) is 68.0 Å². The Hall–Kier alpha value is -1.56. The predicted octanol–water partition coefficient (Wildman–Crippen LogP) is 3.99. The van der Waals surface area contributed by atoms with Gasteiger partial charge in [0.25, 0.3) is 0 Å². The Balaban J connectivity index is 0.000000774. The van der Waals surface area contributed by atoms with E-state index in [9.17, 15) is 9.90 Å². The first-order valence-corrected chi connectivity index (χ1v) is 8.58. The molecule has 0 unspecified atom stereocenters. The molecule has 0 radical (unpaired) electrons. The lowest BCUT2D eigenvalue weighted by molar-refractivity contribution is 0.0683. The van der Waals surface area contributed by atoms with E-state index in [1.807, 2.05) is 24.7 Å². The monoisotopic (exact) mass is 307 g/mol. The normalized spacial score (nSPS) is 15.0. The number of aromatic nitrogens is 3. The molecule has 0 aliphatic heterocycles. The van der Waals surface area contributed by atoms with Crippen LogP contribution in [0.15, 0.2) is 17.4 Å². The van der Waals surface area contributed by atoms with Crippen molar-refractivity contribution >= 4 is 28.8 Å². The van der Waals surface area contributed by atoms with Gasteiger partial charge in [-0.3, -0.25) is 0 Å². The molecule has 1 saturated carbocycles. The molecule has 1 aliphatic carbocycles. The van der Waals surface area contributed by atoms with E-state index in [4.69, 9.17) is 0 Å². The molecular weight excluding hydrogens is 286 g/mol. The summed E-state index contributed by atoms with van der Waals surface area (Å²) in [6.45, 7) is 4.00. The fourth-order valence-electron chi connectivity index (χ4n) is 2.79. The lowest BCUT2D eigenvalue weighted by atomic mass is 10.2. The zero-order chi connectivity index (χ0) is 15.4. The van der Waals surface area contributed by atoms with Crippen molar-refractivity contribution in [2.24, 2.45) is 0 Å². The highest BCUT2D eigenvalue weighted by molar-refractivity contribution is 7.98. The average molecular weight is 307 g/mol. The number of thioether (sulfide) groups is 1. The summed E-state index contributed by atoms with van der Waals surface area (Å²) in [5.74, 6) is -0.893. The number of hydrogen-bond donors (Lipinski definition) is 1. The van der Waals surface area contributed by atoms with Crippen molar-refractivity contribution < 1.29 is 9.90 Å². The van der Waals surface area contributed by atoms with Crippen LogP contribution in [0.4, 0.5) is 0 Å². The molecule has 2 aromatic heterocycles. The molecule has 3 rings (SSSR count). The minimum Gasteiger partial charge on any atom is -0.477 e. The van der Waals surface area contributed by atoms with Crippen molar-refractivity contribution in [2.45, 2.75) is 50.7 Å². The summed E-state index contributed by atoms with van der Waals surface area (Å²) in [5, 5.41) is 10.9. The highest BCUT2D eigenvalue weighted by atomic mass is 32.2. The van der Waals surface area contributed by atoms with Gasteiger partial charge in [0, 0.05) is 17.6 Å². The van der Waals surface area contributed by atoms with Gasteiger partial charge >= 0.3 is 5.97 Å². The van der Waals surface area contributed by atoms with E-state index in [2.05, 4.69) is 9.97 Å². The van der Waals surface area contributed by atoms with E-state index < -0.39 is 5.97 Å².